The molecule has 0 unspecified atom stereocenters. The molecule has 0 aliphatic rings. The molecule has 0 fully saturated rings. The lowest BCUT2D eigenvalue weighted by molar-refractivity contribution is 0.475. The van der Waals surface area contributed by atoms with Crippen LogP contribution in [0.4, 0.5) is 5.82 Å². The van der Waals surface area contributed by atoms with E-state index in [-0.39, 0.29) is 22.7 Å². The number of aryl methyl sites for hydroxylation is 1. The molecule has 0 atom stereocenters. The quantitative estimate of drug-likeness (QED) is 0.668. The van der Waals surface area contributed by atoms with Crippen molar-refractivity contribution in [1.82, 2.24) is 9.97 Å². The Labute approximate surface area is 160 Å². The van der Waals surface area contributed by atoms with Crippen LogP contribution in [-0.4, -0.2) is 15.1 Å². The van der Waals surface area contributed by atoms with E-state index in [4.69, 9.17) is 5.73 Å². The van der Waals surface area contributed by atoms with Gasteiger partial charge in [-0.3, -0.25) is 4.98 Å². The average molecular weight is 373 g/mol. The molecule has 2 heterocycles. The fourth-order valence-corrected chi connectivity index (χ4v) is 3.58. The summed E-state index contributed by atoms with van der Waals surface area (Å²) in [7, 11) is 0. The molecular weight excluding hydrogens is 358 g/mol. The number of nitriles is 2. The normalized spacial score (nSPS) is 10.2. The lowest BCUT2D eigenvalue weighted by atomic mass is 9.97. The second-order valence-electron chi connectivity index (χ2n) is 5.76. The van der Waals surface area contributed by atoms with Gasteiger partial charge in [0.25, 0.3) is 0 Å². The SMILES string of the molecule is Cc1cccc(CSc2nc(N)c(C#N)c(-c3cccc(O)c3)c2C#N)n1. The number of pyridine rings is 2. The molecule has 0 aliphatic carbocycles. The maximum atomic E-state index is 9.79. The highest BCUT2D eigenvalue weighted by atomic mass is 32.2. The van der Waals surface area contributed by atoms with E-state index < -0.39 is 0 Å². The van der Waals surface area contributed by atoms with Crippen LogP contribution in [0.2, 0.25) is 0 Å². The second-order valence-corrected chi connectivity index (χ2v) is 6.72. The molecule has 0 spiro atoms. The number of phenols is 1. The van der Waals surface area contributed by atoms with Crippen molar-refractivity contribution in [2.45, 2.75) is 17.7 Å². The minimum Gasteiger partial charge on any atom is -0.508 e. The minimum absolute atomic E-state index is 0.0360. The molecule has 0 saturated heterocycles. The fraction of sp³-hybridized carbons (Fsp3) is 0.100. The number of hydrogen-bond acceptors (Lipinski definition) is 7. The van der Waals surface area contributed by atoms with Crippen LogP contribution in [0.1, 0.15) is 22.5 Å². The van der Waals surface area contributed by atoms with Crippen LogP contribution in [0.25, 0.3) is 11.1 Å². The smallest absolute Gasteiger partial charge is 0.143 e. The lowest BCUT2D eigenvalue weighted by Gasteiger charge is -2.13. The molecule has 2 aromatic heterocycles. The van der Waals surface area contributed by atoms with Crippen LogP contribution in [0, 0.1) is 29.6 Å². The lowest BCUT2D eigenvalue weighted by Crippen LogP contribution is -2.03. The van der Waals surface area contributed by atoms with Crippen molar-refractivity contribution in [3.8, 4) is 29.0 Å². The van der Waals surface area contributed by atoms with E-state index in [9.17, 15) is 15.6 Å². The largest absolute Gasteiger partial charge is 0.508 e. The van der Waals surface area contributed by atoms with Gasteiger partial charge in [0.05, 0.1) is 11.3 Å². The zero-order valence-corrected chi connectivity index (χ0v) is 15.3. The summed E-state index contributed by atoms with van der Waals surface area (Å²) in [6.45, 7) is 1.91. The maximum absolute atomic E-state index is 9.79. The summed E-state index contributed by atoms with van der Waals surface area (Å²) in [4.78, 5) is 8.71. The predicted octanol–water partition coefficient (Wildman–Crippen LogP) is 3.78. The zero-order valence-electron chi connectivity index (χ0n) is 14.5. The molecule has 3 N–H and O–H groups in total. The second kappa shape index (κ2) is 7.77. The van der Waals surface area contributed by atoms with Crippen LogP contribution in [0.15, 0.2) is 47.5 Å². The Morgan fingerprint density at radius 2 is 1.81 bits per heavy atom. The van der Waals surface area contributed by atoms with Crippen molar-refractivity contribution < 1.29 is 5.11 Å². The molecule has 6 nitrogen and oxygen atoms in total. The maximum Gasteiger partial charge on any atom is 0.143 e. The molecule has 0 bridgehead atoms. The number of hydrogen-bond donors (Lipinski definition) is 2. The minimum atomic E-state index is 0.0360. The molecule has 0 aliphatic heterocycles. The van der Waals surface area contributed by atoms with Crippen molar-refractivity contribution in [2.75, 3.05) is 5.73 Å². The number of phenolic OH excluding ortho intramolecular Hbond substituents is 1. The molecular formula is C20H15N5OS. The summed E-state index contributed by atoms with van der Waals surface area (Å²) in [6.07, 6.45) is 0. The first-order valence-corrected chi connectivity index (χ1v) is 9.00. The molecule has 132 valence electrons. The Hall–Kier alpha value is -3.55. The topological polar surface area (TPSA) is 120 Å². The van der Waals surface area contributed by atoms with Crippen molar-refractivity contribution in [1.29, 1.82) is 10.5 Å². The number of aromatic nitrogens is 2. The Morgan fingerprint density at radius 3 is 2.48 bits per heavy atom. The number of nitrogens with zero attached hydrogens (tertiary/aromatic N) is 4. The first kappa shape index (κ1) is 18.2. The summed E-state index contributed by atoms with van der Waals surface area (Å²) >= 11 is 1.33. The van der Waals surface area contributed by atoms with Gasteiger partial charge in [0, 0.05) is 17.0 Å². The van der Waals surface area contributed by atoms with E-state index in [2.05, 4.69) is 16.0 Å². The standard InChI is InChI=1S/C20H15N5OS/c1-12-4-2-6-14(24-12)11-27-20-17(10-22)18(16(9-21)19(23)25-20)13-5-3-7-15(26)8-13/h2-8,26H,11H2,1H3,(H2,23,25). The number of benzene rings is 1. The van der Waals surface area contributed by atoms with Crippen LogP contribution in [-0.2, 0) is 5.75 Å². The molecule has 0 radical (unpaired) electrons. The highest BCUT2D eigenvalue weighted by molar-refractivity contribution is 7.98. The third-order valence-corrected chi connectivity index (χ3v) is 4.86. The number of nitrogens with two attached hydrogens (primary N) is 1. The number of rotatable bonds is 4. The van der Waals surface area contributed by atoms with E-state index in [0.29, 0.717) is 21.9 Å². The van der Waals surface area contributed by atoms with E-state index in [1.807, 2.05) is 31.2 Å². The van der Waals surface area contributed by atoms with E-state index >= 15 is 0 Å². The number of thioether (sulfide) groups is 1. The molecule has 3 rings (SSSR count). The van der Waals surface area contributed by atoms with Crippen molar-refractivity contribution in [2.24, 2.45) is 0 Å². The van der Waals surface area contributed by atoms with Gasteiger partial charge in [0.1, 0.15) is 34.3 Å². The number of nitrogen functional groups attached to an aromatic ring is 1. The van der Waals surface area contributed by atoms with Gasteiger partial charge in [0.2, 0.25) is 0 Å². The number of anilines is 1. The molecule has 1 aromatic carbocycles. The van der Waals surface area contributed by atoms with Crippen molar-refractivity contribution in [3.05, 3.63) is 65.0 Å². The molecule has 3 aromatic rings. The third kappa shape index (κ3) is 3.84. The van der Waals surface area contributed by atoms with Crippen LogP contribution in [0.3, 0.4) is 0 Å². The zero-order chi connectivity index (χ0) is 19.4. The average Bonchev–Trinajstić information content (AvgIpc) is 2.65. The predicted molar refractivity (Wildman–Crippen MR) is 104 cm³/mol. The van der Waals surface area contributed by atoms with Gasteiger partial charge >= 0.3 is 0 Å². The Bertz CT molecular complexity index is 1100. The molecule has 27 heavy (non-hydrogen) atoms. The Morgan fingerprint density at radius 1 is 1.07 bits per heavy atom. The summed E-state index contributed by atoms with van der Waals surface area (Å²) in [5.41, 5.74) is 9.04. The van der Waals surface area contributed by atoms with Gasteiger partial charge in [0.15, 0.2) is 0 Å². The van der Waals surface area contributed by atoms with E-state index in [1.165, 1.54) is 23.9 Å². The van der Waals surface area contributed by atoms with Crippen LogP contribution >= 0.6 is 11.8 Å². The van der Waals surface area contributed by atoms with Gasteiger partial charge in [-0.2, -0.15) is 10.5 Å². The summed E-state index contributed by atoms with van der Waals surface area (Å²) in [5, 5.41) is 29.5. The summed E-state index contributed by atoms with van der Waals surface area (Å²) < 4.78 is 0. The monoisotopic (exact) mass is 373 g/mol. The first-order valence-electron chi connectivity index (χ1n) is 8.02. The highest BCUT2D eigenvalue weighted by Gasteiger charge is 2.20. The van der Waals surface area contributed by atoms with Gasteiger partial charge in [-0.25, -0.2) is 4.98 Å². The number of aromatic hydroxyl groups is 1. The molecule has 0 saturated carbocycles. The summed E-state index contributed by atoms with van der Waals surface area (Å²) in [5.74, 6) is 0.595. The summed E-state index contributed by atoms with van der Waals surface area (Å²) in [6, 6.07) is 16.3. The Balaban J connectivity index is 2.10. The molecule has 0 amide bonds. The van der Waals surface area contributed by atoms with E-state index in [1.54, 1.807) is 12.1 Å². The van der Waals surface area contributed by atoms with Gasteiger partial charge in [-0.15, -0.1) is 0 Å². The fourth-order valence-electron chi connectivity index (χ4n) is 2.67. The highest BCUT2D eigenvalue weighted by Crippen LogP contribution is 2.37. The third-order valence-electron chi connectivity index (χ3n) is 3.85. The molecule has 7 heteroatoms. The van der Waals surface area contributed by atoms with E-state index in [0.717, 1.165) is 11.4 Å². The van der Waals surface area contributed by atoms with Crippen LogP contribution < -0.4 is 5.73 Å². The van der Waals surface area contributed by atoms with Crippen LogP contribution in [0.5, 0.6) is 5.75 Å². The van der Waals surface area contributed by atoms with Gasteiger partial charge in [-0.1, -0.05) is 30.0 Å². The first-order chi connectivity index (χ1) is 13.0. The Kier molecular flexibility index (Phi) is 5.25. The van der Waals surface area contributed by atoms with Gasteiger partial charge in [-0.05, 0) is 36.8 Å². The van der Waals surface area contributed by atoms with Gasteiger partial charge < -0.3 is 10.8 Å². The van der Waals surface area contributed by atoms with Crippen molar-refractivity contribution >= 4 is 17.6 Å². The van der Waals surface area contributed by atoms with Crippen molar-refractivity contribution in [3.63, 3.8) is 0 Å².